The molecule has 0 saturated heterocycles. The predicted octanol–water partition coefficient (Wildman–Crippen LogP) is 1.97. The van der Waals surface area contributed by atoms with Gasteiger partial charge in [0.15, 0.2) is 0 Å². The monoisotopic (exact) mass is 320 g/mol. The van der Waals surface area contributed by atoms with E-state index in [1.165, 1.54) is 17.1 Å². The van der Waals surface area contributed by atoms with Gasteiger partial charge in [0.05, 0.1) is 29.9 Å². The molecule has 2 aromatic heterocycles. The number of hydrogen-bond donors (Lipinski definition) is 1. The molecule has 2 atom stereocenters. The molecule has 1 saturated carbocycles. The van der Waals surface area contributed by atoms with Gasteiger partial charge < -0.3 is 9.52 Å². The molecule has 1 aliphatic rings. The number of nitrogens with zero attached hydrogens (tertiary/aromatic N) is 4. The number of nitro groups is 1. The van der Waals surface area contributed by atoms with Gasteiger partial charge in [-0.2, -0.15) is 5.10 Å². The smallest absolute Gasteiger partial charge is 0.306 e. The Hall–Kier alpha value is -2.19. The van der Waals surface area contributed by atoms with Crippen LogP contribution in [-0.2, 0) is 6.54 Å². The first kappa shape index (κ1) is 15.7. The number of hydrogen-bond acceptors (Lipinski definition) is 6. The fourth-order valence-electron chi connectivity index (χ4n) is 2.79. The summed E-state index contributed by atoms with van der Waals surface area (Å²) in [6.07, 6.45) is 5.75. The van der Waals surface area contributed by atoms with Gasteiger partial charge in [0.2, 0.25) is 0 Å². The second-order valence-electron chi connectivity index (χ2n) is 5.95. The van der Waals surface area contributed by atoms with Crippen molar-refractivity contribution in [1.82, 2.24) is 14.7 Å². The van der Waals surface area contributed by atoms with Crippen LogP contribution in [-0.4, -0.2) is 43.4 Å². The third kappa shape index (κ3) is 3.77. The van der Waals surface area contributed by atoms with Crippen molar-refractivity contribution >= 4 is 5.69 Å². The van der Waals surface area contributed by atoms with E-state index in [0.29, 0.717) is 12.6 Å². The molecule has 2 heterocycles. The molecule has 1 N–H and O–H groups in total. The SMILES string of the molecule is CC(c1ccco1)N(CC(O)Cn1cc([N+](=O)[O-])cn1)C1CC1. The van der Waals surface area contributed by atoms with E-state index >= 15 is 0 Å². The van der Waals surface area contributed by atoms with Crippen molar-refractivity contribution in [3.8, 4) is 0 Å². The van der Waals surface area contributed by atoms with Gasteiger partial charge in [-0.05, 0) is 31.9 Å². The zero-order valence-corrected chi connectivity index (χ0v) is 12.9. The molecule has 8 heteroatoms. The van der Waals surface area contributed by atoms with E-state index in [9.17, 15) is 15.2 Å². The Bertz CT molecular complexity index is 650. The first-order valence-electron chi connectivity index (χ1n) is 7.68. The van der Waals surface area contributed by atoms with Crippen LogP contribution in [0.3, 0.4) is 0 Å². The van der Waals surface area contributed by atoms with Crippen molar-refractivity contribution in [2.75, 3.05) is 6.54 Å². The number of aliphatic hydroxyl groups is 1. The van der Waals surface area contributed by atoms with E-state index < -0.39 is 11.0 Å². The first-order valence-corrected chi connectivity index (χ1v) is 7.68. The molecule has 0 aliphatic heterocycles. The Kier molecular flexibility index (Phi) is 4.44. The van der Waals surface area contributed by atoms with E-state index in [2.05, 4.69) is 16.9 Å². The molecule has 0 bridgehead atoms. The summed E-state index contributed by atoms with van der Waals surface area (Å²) >= 11 is 0. The summed E-state index contributed by atoms with van der Waals surface area (Å²) in [7, 11) is 0. The average Bonchev–Trinajstić information content (AvgIpc) is 3.02. The lowest BCUT2D eigenvalue weighted by atomic mass is 10.2. The normalized spacial score (nSPS) is 17.3. The lowest BCUT2D eigenvalue weighted by Crippen LogP contribution is -2.38. The second-order valence-corrected chi connectivity index (χ2v) is 5.95. The highest BCUT2D eigenvalue weighted by Crippen LogP contribution is 2.34. The minimum Gasteiger partial charge on any atom is -0.468 e. The summed E-state index contributed by atoms with van der Waals surface area (Å²) in [5, 5.41) is 24.9. The molecule has 0 radical (unpaired) electrons. The van der Waals surface area contributed by atoms with Crippen molar-refractivity contribution in [3.63, 3.8) is 0 Å². The predicted molar refractivity (Wildman–Crippen MR) is 81.7 cm³/mol. The van der Waals surface area contributed by atoms with Gasteiger partial charge in [-0.3, -0.25) is 19.7 Å². The molecule has 0 amide bonds. The molecule has 23 heavy (non-hydrogen) atoms. The van der Waals surface area contributed by atoms with Gasteiger partial charge in [-0.25, -0.2) is 0 Å². The largest absolute Gasteiger partial charge is 0.468 e. The molecule has 1 fully saturated rings. The van der Waals surface area contributed by atoms with Gasteiger partial charge in [0.1, 0.15) is 18.2 Å². The van der Waals surface area contributed by atoms with Gasteiger partial charge >= 0.3 is 5.69 Å². The molecule has 0 aromatic carbocycles. The highest BCUT2D eigenvalue weighted by atomic mass is 16.6. The number of aliphatic hydroxyl groups excluding tert-OH is 1. The third-order valence-electron chi connectivity index (χ3n) is 4.12. The highest BCUT2D eigenvalue weighted by molar-refractivity contribution is 5.20. The summed E-state index contributed by atoms with van der Waals surface area (Å²) in [5.74, 6) is 0.874. The van der Waals surface area contributed by atoms with E-state index in [0.717, 1.165) is 18.6 Å². The minimum atomic E-state index is -0.660. The topological polar surface area (TPSA) is 97.6 Å². The quantitative estimate of drug-likeness (QED) is 0.590. The summed E-state index contributed by atoms with van der Waals surface area (Å²) < 4.78 is 6.88. The molecule has 3 rings (SSSR count). The molecular formula is C15H20N4O4. The zero-order chi connectivity index (χ0) is 16.4. The molecule has 8 nitrogen and oxygen atoms in total. The van der Waals surface area contributed by atoms with Crippen molar-refractivity contribution < 1.29 is 14.4 Å². The molecule has 0 spiro atoms. The molecule has 124 valence electrons. The van der Waals surface area contributed by atoms with Crippen molar-refractivity contribution in [1.29, 1.82) is 0 Å². The average molecular weight is 320 g/mol. The van der Waals surface area contributed by atoms with Crippen LogP contribution in [0.2, 0.25) is 0 Å². The Morgan fingerprint density at radius 2 is 2.39 bits per heavy atom. The fraction of sp³-hybridized carbons (Fsp3) is 0.533. The lowest BCUT2D eigenvalue weighted by molar-refractivity contribution is -0.385. The maximum Gasteiger partial charge on any atom is 0.306 e. The maximum atomic E-state index is 10.7. The molecule has 2 unspecified atom stereocenters. The first-order chi connectivity index (χ1) is 11.0. The van der Waals surface area contributed by atoms with Crippen LogP contribution in [0.5, 0.6) is 0 Å². The summed E-state index contributed by atoms with van der Waals surface area (Å²) in [6, 6.07) is 4.33. The Morgan fingerprint density at radius 3 is 2.96 bits per heavy atom. The summed E-state index contributed by atoms with van der Waals surface area (Å²) in [5.41, 5.74) is -0.0693. The molecule has 1 aliphatic carbocycles. The van der Waals surface area contributed by atoms with E-state index in [1.807, 2.05) is 12.1 Å². The van der Waals surface area contributed by atoms with E-state index in [1.54, 1.807) is 6.26 Å². The molecule has 2 aromatic rings. The number of aromatic nitrogens is 2. The Balaban J connectivity index is 1.62. The Morgan fingerprint density at radius 1 is 1.61 bits per heavy atom. The Labute approximate surface area is 133 Å². The standard InChI is InChI=1S/C15H20N4O4/c1-11(15-3-2-6-23-15)18(12-4-5-12)10-14(20)9-17-8-13(7-16-17)19(21)22/h2-3,6-8,11-12,14,20H,4-5,9-10H2,1H3. The van der Waals surface area contributed by atoms with Crippen molar-refractivity contribution in [2.45, 2.75) is 44.5 Å². The summed E-state index contributed by atoms with van der Waals surface area (Å²) in [6.45, 7) is 2.75. The van der Waals surface area contributed by atoms with Crippen LogP contribution >= 0.6 is 0 Å². The van der Waals surface area contributed by atoms with Gasteiger partial charge in [-0.1, -0.05) is 0 Å². The number of furan rings is 1. The van der Waals surface area contributed by atoms with Crippen LogP contribution in [0.15, 0.2) is 35.2 Å². The molecular weight excluding hydrogens is 300 g/mol. The van der Waals surface area contributed by atoms with Crippen LogP contribution in [0.4, 0.5) is 5.69 Å². The third-order valence-corrected chi connectivity index (χ3v) is 4.12. The summed E-state index contributed by atoms with van der Waals surface area (Å²) in [4.78, 5) is 12.4. The highest BCUT2D eigenvalue weighted by Gasteiger charge is 2.34. The van der Waals surface area contributed by atoms with Crippen LogP contribution in [0, 0.1) is 10.1 Å². The van der Waals surface area contributed by atoms with Crippen LogP contribution in [0.1, 0.15) is 31.6 Å². The van der Waals surface area contributed by atoms with Gasteiger partial charge in [-0.15, -0.1) is 0 Å². The van der Waals surface area contributed by atoms with E-state index in [-0.39, 0.29) is 18.3 Å². The van der Waals surface area contributed by atoms with Gasteiger partial charge in [0.25, 0.3) is 0 Å². The zero-order valence-electron chi connectivity index (χ0n) is 12.9. The minimum absolute atomic E-state index is 0.0693. The number of rotatable bonds is 8. The fourth-order valence-corrected chi connectivity index (χ4v) is 2.79. The maximum absolute atomic E-state index is 10.7. The van der Waals surface area contributed by atoms with Gasteiger partial charge in [0, 0.05) is 12.6 Å². The van der Waals surface area contributed by atoms with Crippen molar-refractivity contribution in [2.24, 2.45) is 0 Å². The second kappa shape index (κ2) is 6.51. The van der Waals surface area contributed by atoms with Crippen LogP contribution < -0.4 is 0 Å². The van der Waals surface area contributed by atoms with E-state index in [4.69, 9.17) is 4.42 Å². The lowest BCUT2D eigenvalue weighted by Gasteiger charge is -2.29. The van der Waals surface area contributed by atoms with Crippen LogP contribution in [0.25, 0.3) is 0 Å². The van der Waals surface area contributed by atoms with Crippen molar-refractivity contribution in [3.05, 3.63) is 46.7 Å².